The normalized spacial score (nSPS) is 10.5. The van der Waals surface area contributed by atoms with Gasteiger partial charge in [0.25, 0.3) is 0 Å². The Hall–Kier alpha value is -1.00. The molecule has 0 radical (unpaired) electrons. The van der Waals surface area contributed by atoms with Crippen LogP contribution in [0.1, 0.15) is 11.3 Å². The summed E-state index contributed by atoms with van der Waals surface area (Å²) in [6, 6.07) is 1.75. The van der Waals surface area contributed by atoms with Crippen molar-refractivity contribution in [3.63, 3.8) is 0 Å². The summed E-state index contributed by atoms with van der Waals surface area (Å²) in [5.74, 6) is -0.869. The van der Waals surface area contributed by atoms with Crippen molar-refractivity contribution >= 4 is 17.6 Å². The molecule has 0 fully saturated rings. The lowest BCUT2D eigenvalue weighted by molar-refractivity contribution is -0.136. The van der Waals surface area contributed by atoms with E-state index in [1.165, 1.54) is 0 Å². The summed E-state index contributed by atoms with van der Waals surface area (Å²) in [7, 11) is 3.31. The summed E-state index contributed by atoms with van der Waals surface area (Å²) in [6.45, 7) is 0.395. The highest BCUT2D eigenvalue weighted by molar-refractivity contribution is 6.30. The number of aromatic nitrogens is 1. The molecule has 1 N–H and O–H groups in total. The fourth-order valence-corrected chi connectivity index (χ4v) is 1.50. The van der Waals surface area contributed by atoms with Crippen LogP contribution in [-0.4, -0.2) is 22.8 Å². The number of carboxylic acid groups (broad SMARTS) is 1. The standard InChI is InChI=1S/C9H12ClNO3/c1-11-7(4-8(12)13)3-6(5-14-2)9(11)10/h3H,4-5H2,1-2H3,(H,12,13). The van der Waals surface area contributed by atoms with Crippen LogP contribution >= 0.6 is 11.6 Å². The van der Waals surface area contributed by atoms with Crippen molar-refractivity contribution in [1.29, 1.82) is 0 Å². The van der Waals surface area contributed by atoms with Crippen LogP contribution in [0.3, 0.4) is 0 Å². The number of aliphatic carboxylic acids is 1. The first-order valence-electron chi connectivity index (χ1n) is 4.10. The van der Waals surface area contributed by atoms with Crippen LogP contribution in [0, 0.1) is 0 Å². The molecular formula is C9H12ClNO3. The van der Waals surface area contributed by atoms with E-state index >= 15 is 0 Å². The van der Waals surface area contributed by atoms with Gasteiger partial charge in [-0.2, -0.15) is 0 Å². The summed E-state index contributed by atoms with van der Waals surface area (Å²) < 4.78 is 6.59. The van der Waals surface area contributed by atoms with Gasteiger partial charge in [0.1, 0.15) is 5.15 Å². The van der Waals surface area contributed by atoms with E-state index in [1.807, 2.05) is 0 Å². The lowest BCUT2D eigenvalue weighted by Crippen LogP contribution is -2.04. The smallest absolute Gasteiger partial charge is 0.309 e. The Kier molecular flexibility index (Phi) is 3.55. The predicted octanol–water partition coefficient (Wildman–Crippen LogP) is 1.45. The molecule has 0 atom stereocenters. The van der Waals surface area contributed by atoms with E-state index in [2.05, 4.69) is 0 Å². The van der Waals surface area contributed by atoms with Crippen molar-refractivity contribution in [2.24, 2.45) is 7.05 Å². The van der Waals surface area contributed by atoms with Gasteiger partial charge in [0, 0.05) is 25.4 Å². The van der Waals surface area contributed by atoms with Gasteiger partial charge in [-0.05, 0) is 6.07 Å². The molecule has 0 bridgehead atoms. The van der Waals surface area contributed by atoms with Crippen LogP contribution < -0.4 is 0 Å². The molecule has 0 aliphatic carbocycles. The average Bonchev–Trinajstić information content (AvgIpc) is 2.34. The molecule has 4 nitrogen and oxygen atoms in total. The minimum Gasteiger partial charge on any atom is -0.481 e. The van der Waals surface area contributed by atoms with Crippen molar-refractivity contribution in [2.45, 2.75) is 13.0 Å². The average molecular weight is 218 g/mol. The first-order valence-corrected chi connectivity index (χ1v) is 4.47. The first-order chi connectivity index (χ1) is 6.56. The maximum Gasteiger partial charge on any atom is 0.309 e. The van der Waals surface area contributed by atoms with Gasteiger partial charge in [-0.3, -0.25) is 4.79 Å². The Morgan fingerprint density at radius 3 is 2.86 bits per heavy atom. The van der Waals surface area contributed by atoms with Gasteiger partial charge in [-0.15, -0.1) is 0 Å². The van der Waals surface area contributed by atoms with E-state index in [9.17, 15) is 4.79 Å². The number of ether oxygens (including phenoxy) is 1. The quantitative estimate of drug-likeness (QED) is 0.831. The van der Waals surface area contributed by atoms with Crippen LogP contribution in [0.5, 0.6) is 0 Å². The highest BCUT2D eigenvalue weighted by Gasteiger charge is 2.12. The van der Waals surface area contributed by atoms with Gasteiger partial charge in [-0.25, -0.2) is 0 Å². The topological polar surface area (TPSA) is 51.5 Å². The SMILES string of the molecule is COCc1cc(CC(=O)O)n(C)c1Cl. The molecule has 0 aromatic carbocycles. The van der Waals surface area contributed by atoms with E-state index in [-0.39, 0.29) is 6.42 Å². The fourth-order valence-electron chi connectivity index (χ4n) is 1.28. The zero-order valence-corrected chi connectivity index (χ0v) is 8.84. The minimum atomic E-state index is -0.869. The lowest BCUT2D eigenvalue weighted by Gasteiger charge is -2.00. The van der Waals surface area contributed by atoms with Crippen LogP contribution in [-0.2, 0) is 29.6 Å². The minimum absolute atomic E-state index is 0.0278. The number of hydrogen-bond acceptors (Lipinski definition) is 2. The molecule has 0 aliphatic heterocycles. The molecule has 14 heavy (non-hydrogen) atoms. The van der Waals surface area contributed by atoms with Crippen molar-refractivity contribution in [2.75, 3.05) is 7.11 Å². The third-order valence-corrected chi connectivity index (χ3v) is 2.46. The van der Waals surface area contributed by atoms with Crippen LogP contribution in [0.2, 0.25) is 5.15 Å². The maximum absolute atomic E-state index is 10.5. The molecule has 0 saturated heterocycles. The zero-order chi connectivity index (χ0) is 10.7. The summed E-state index contributed by atoms with van der Waals surface area (Å²) in [5.41, 5.74) is 1.49. The van der Waals surface area contributed by atoms with E-state index in [4.69, 9.17) is 21.4 Å². The maximum atomic E-state index is 10.5. The van der Waals surface area contributed by atoms with E-state index in [0.717, 1.165) is 5.56 Å². The first kappa shape index (κ1) is 11.1. The molecule has 0 unspecified atom stereocenters. The Balaban J connectivity index is 2.96. The third-order valence-electron chi connectivity index (χ3n) is 1.96. The molecule has 78 valence electrons. The zero-order valence-electron chi connectivity index (χ0n) is 8.08. The molecule has 0 amide bonds. The van der Waals surface area contributed by atoms with Crippen LogP contribution in [0.25, 0.3) is 0 Å². The Morgan fingerprint density at radius 1 is 1.71 bits per heavy atom. The molecule has 0 saturated carbocycles. The molecule has 5 heteroatoms. The van der Waals surface area contributed by atoms with Gasteiger partial charge >= 0.3 is 5.97 Å². The van der Waals surface area contributed by atoms with Gasteiger partial charge in [0.05, 0.1) is 13.0 Å². The van der Waals surface area contributed by atoms with Crippen LogP contribution in [0.15, 0.2) is 6.07 Å². The molecule has 1 rings (SSSR count). The van der Waals surface area contributed by atoms with Crippen molar-refractivity contribution < 1.29 is 14.6 Å². The molecular weight excluding hydrogens is 206 g/mol. The number of rotatable bonds is 4. The highest BCUT2D eigenvalue weighted by Crippen LogP contribution is 2.21. The summed E-state index contributed by atoms with van der Waals surface area (Å²) in [6.07, 6.45) is -0.0278. The van der Waals surface area contributed by atoms with E-state index in [1.54, 1.807) is 24.8 Å². The number of halogens is 1. The van der Waals surface area contributed by atoms with Gasteiger partial charge in [-0.1, -0.05) is 11.6 Å². The van der Waals surface area contributed by atoms with Crippen LogP contribution in [0.4, 0.5) is 0 Å². The number of nitrogens with zero attached hydrogens (tertiary/aromatic N) is 1. The van der Waals surface area contributed by atoms with Gasteiger partial charge < -0.3 is 14.4 Å². The second kappa shape index (κ2) is 4.48. The Bertz CT molecular complexity index is 346. The summed E-state index contributed by atoms with van der Waals surface area (Å²) >= 11 is 5.97. The third kappa shape index (κ3) is 2.27. The molecule has 1 aromatic rings. The molecule has 0 aliphatic rings. The second-order valence-corrected chi connectivity index (χ2v) is 3.37. The predicted molar refractivity (Wildman–Crippen MR) is 52.5 cm³/mol. The Morgan fingerprint density at radius 2 is 2.36 bits per heavy atom. The number of methoxy groups -OCH3 is 1. The van der Waals surface area contributed by atoms with E-state index in [0.29, 0.717) is 17.5 Å². The van der Waals surface area contributed by atoms with Gasteiger partial charge in [0.15, 0.2) is 0 Å². The number of hydrogen-bond donors (Lipinski definition) is 1. The van der Waals surface area contributed by atoms with Gasteiger partial charge in [0.2, 0.25) is 0 Å². The van der Waals surface area contributed by atoms with E-state index < -0.39 is 5.97 Å². The molecule has 1 aromatic heterocycles. The second-order valence-electron chi connectivity index (χ2n) is 3.01. The monoisotopic (exact) mass is 217 g/mol. The van der Waals surface area contributed by atoms with Crippen molar-refractivity contribution in [3.8, 4) is 0 Å². The fraction of sp³-hybridized carbons (Fsp3) is 0.444. The Labute approximate surface area is 87.0 Å². The van der Waals surface area contributed by atoms with Crippen molar-refractivity contribution in [1.82, 2.24) is 4.57 Å². The molecule has 1 heterocycles. The summed E-state index contributed by atoms with van der Waals surface area (Å²) in [5, 5.41) is 9.16. The number of carbonyl (C=O) groups is 1. The summed E-state index contributed by atoms with van der Waals surface area (Å²) in [4.78, 5) is 10.5. The molecule has 0 spiro atoms. The highest BCUT2D eigenvalue weighted by atomic mass is 35.5. The number of carboxylic acids is 1. The largest absolute Gasteiger partial charge is 0.481 e. The van der Waals surface area contributed by atoms with Crippen molar-refractivity contribution in [3.05, 3.63) is 22.5 Å². The lowest BCUT2D eigenvalue weighted by atomic mass is 10.3.